The number of hydrogen-bond acceptors (Lipinski definition) is 1. The molecular weight excluding hydrogens is 275 g/mol. The topological polar surface area (TPSA) is 17.8 Å². The molecule has 1 heterocycles. The maximum absolute atomic E-state index is 13.1. The zero-order valence-electron chi connectivity index (χ0n) is 7.62. The summed E-state index contributed by atoms with van der Waals surface area (Å²) >= 11 is 0.847. The summed E-state index contributed by atoms with van der Waals surface area (Å²) in [6.45, 7) is 0. The summed E-state index contributed by atoms with van der Waals surface area (Å²) < 4.78 is 26.9. The van der Waals surface area contributed by atoms with Gasteiger partial charge in [-0.15, -0.1) is 12.1 Å². The monoisotopic (exact) mass is 278 g/mol. The Kier molecular flexibility index (Phi) is 4.86. The Balaban J connectivity index is 0.000000531. The predicted octanol–water partition coefficient (Wildman–Crippen LogP) is 2.64. The Morgan fingerprint density at radius 2 is 2.13 bits per heavy atom. The van der Waals surface area contributed by atoms with Gasteiger partial charge < -0.3 is 0 Å². The first-order valence-corrected chi connectivity index (χ1v) is 7.81. The first-order chi connectivity index (χ1) is 7.27. The second kappa shape index (κ2) is 5.93. The van der Waals surface area contributed by atoms with Crippen LogP contribution in [0.5, 0.6) is 0 Å². The average Bonchev–Trinajstić information content (AvgIpc) is 2.74. The fraction of sp³-hybridized carbons (Fsp3) is 0. The van der Waals surface area contributed by atoms with E-state index in [1.807, 2.05) is 0 Å². The van der Waals surface area contributed by atoms with Gasteiger partial charge in [0, 0.05) is 24.0 Å². The van der Waals surface area contributed by atoms with E-state index in [1.54, 1.807) is 12.3 Å². The molecule has 2 aromatic rings. The van der Waals surface area contributed by atoms with Crippen LogP contribution in [0.1, 0.15) is 0 Å². The van der Waals surface area contributed by atoms with Crippen LogP contribution in [-0.2, 0) is 17.3 Å². The zero-order valence-corrected chi connectivity index (χ0v) is 11.3. The van der Waals surface area contributed by atoms with Gasteiger partial charge in [0.05, 0.1) is 0 Å². The minimum atomic E-state index is -0.677. The molecule has 0 aliphatic rings. The van der Waals surface area contributed by atoms with Crippen molar-refractivity contribution in [3.63, 3.8) is 0 Å². The van der Waals surface area contributed by atoms with Crippen molar-refractivity contribution in [2.24, 2.45) is 0 Å². The number of aromatic nitrogens is 2. The Bertz CT molecular complexity index is 420. The van der Waals surface area contributed by atoms with Crippen LogP contribution in [0.4, 0.5) is 8.78 Å². The van der Waals surface area contributed by atoms with Gasteiger partial charge in [0.15, 0.2) is 0 Å². The summed E-state index contributed by atoms with van der Waals surface area (Å²) in [5, 5.41) is 3.80. The number of halogens is 3. The average molecular weight is 280 g/mol. The van der Waals surface area contributed by atoms with Gasteiger partial charge in [-0.1, -0.05) is 0 Å². The summed E-state index contributed by atoms with van der Waals surface area (Å²) in [5.74, 6) is -1.32. The number of hydrogen-bond donors (Lipinski definition) is 0. The van der Waals surface area contributed by atoms with Crippen molar-refractivity contribution in [3.05, 3.63) is 48.3 Å². The van der Waals surface area contributed by atoms with Gasteiger partial charge in [0.2, 0.25) is 0 Å². The Morgan fingerprint density at radius 3 is 2.67 bits per heavy atom. The first kappa shape index (κ1) is 12.3. The molecular formula is C9H5ClF2N2Zn. The van der Waals surface area contributed by atoms with E-state index in [9.17, 15) is 8.78 Å². The van der Waals surface area contributed by atoms with Gasteiger partial charge in [0.1, 0.15) is 0 Å². The van der Waals surface area contributed by atoms with Crippen molar-refractivity contribution >= 4 is 9.69 Å². The molecule has 0 bridgehead atoms. The molecule has 0 aliphatic carbocycles. The summed E-state index contributed by atoms with van der Waals surface area (Å²) in [6, 6.07) is 5.98. The summed E-state index contributed by atoms with van der Waals surface area (Å²) in [7, 11) is 4.76. The predicted molar refractivity (Wildman–Crippen MR) is 48.2 cm³/mol. The molecule has 0 spiro atoms. The van der Waals surface area contributed by atoms with Gasteiger partial charge in [-0.05, 0) is 11.8 Å². The second-order valence-corrected chi connectivity index (χ2v) is 2.47. The van der Waals surface area contributed by atoms with E-state index in [2.05, 4.69) is 11.2 Å². The SMILES string of the molecule is Fc1c[c-]c(-n2cccn2)c(F)c1.[Cl][Zn+]. The van der Waals surface area contributed by atoms with Crippen molar-refractivity contribution < 1.29 is 26.1 Å². The first-order valence-electron chi connectivity index (χ1n) is 3.91. The van der Waals surface area contributed by atoms with E-state index < -0.39 is 11.6 Å². The van der Waals surface area contributed by atoms with E-state index in [0.717, 1.165) is 29.4 Å². The molecule has 2 nitrogen and oxygen atoms in total. The van der Waals surface area contributed by atoms with Crippen molar-refractivity contribution in [1.82, 2.24) is 9.78 Å². The van der Waals surface area contributed by atoms with E-state index in [0.29, 0.717) is 0 Å². The van der Waals surface area contributed by atoms with Crippen molar-refractivity contribution in [1.29, 1.82) is 0 Å². The molecule has 0 aliphatic heterocycles. The third kappa shape index (κ3) is 3.08. The summed E-state index contributed by atoms with van der Waals surface area (Å²) in [5.41, 5.74) is 0.117. The van der Waals surface area contributed by atoms with Crippen LogP contribution >= 0.6 is 9.69 Å². The molecule has 15 heavy (non-hydrogen) atoms. The van der Waals surface area contributed by atoms with Crippen LogP contribution in [0.15, 0.2) is 30.6 Å². The fourth-order valence-electron chi connectivity index (χ4n) is 1.01. The van der Waals surface area contributed by atoms with Gasteiger partial charge in [-0.3, -0.25) is 13.5 Å². The molecule has 0 amide bonds. The Morgan fingerprint density at radius 1 is 1.40 bits per heavy atom. The quantitative estimate of drug-likeness (QED) is 0.580. The van der Waals surface area contributed by atoms with Crippen molar-refractivity contribution in [2.45, 2.75) is 0 Å². The molecule has 0 N–H and O–H groups in total. The normalized spacial score (nSPS) is 9.40. The third-order valence-electron chi connectivity index (χ3n) is 1.57. The molecule has 0 atom stereocenters. The minimum absolute atomic E-state index is 0.117. The number of nitrogens with zero attached hydrogens (tertiary/aromatic N) is 2. The molecule has 0 saturated heterocycles. The molecule has 6 heteroatoms. The van der Waals surface area contributed by atoms with Crippen molar-refractivity contribution in [3.8, 4) is 5.69 Å². The molecule has 1 aromatic carbocycles. The van der Waals surface area contributed by atoms with Crippen LogP contribution in [0.25, 0.3) is 5.69 Å². The Hall–Kier alpha value is -0.797. The van der Waals surface area contributed by atoms with Gasteiger partial charge >= 0.3 is 27.0 Å². The molecule has 0 fully saturated rings. The molecule has 2 rings (SSSR count). The van der Waals surface area contributed by atoms with Crippen LogP contribution in [0, 0.1) is 17.7 Å². The Labute approximate surface area is 99.6 Å². The second-order valence-electron chi connectivity index (χ2n) is 2.47. The fourth-order valence-corrected chi connectivity index (χ4v) is 1.01. The molecule has 0 saturated carbocycles. The van der Waals surface area contributed by atoms with E-state index in [-0.39, 0.29) is 5.69 Å². The number of rotatable bonds is 1. The van der Waals surface area contributed by atoms with Crippen molar-refractivity contribution in [2.75, 3.05) is 0 Å². The molecule has 0 unspecified atom stereocenters. The maximum atomic E-state index is 13.1. The van der Waals surface area contributed by atoms with Crippen LogP contribution < -0.4 is 0 Å². The van der Waals surface area contributed by atoms with Crippen LogP contribution in [-0.4, -0.2) is 9.78 Å². The zero-order chi connectivity index (χ0) is 11.3. The van der Waals surface area contributed by atoms with E-state index in [4.69, 9.17) is 9.69 Å². The molecule has 1 aromatic heterocycles. The van der Waals surface area contributed by atoms with E-state index >= 15 is 0 Å². The molecule has 0 radical (unpaired) electrons. The summed E-state index contributed by atoms with van der Waals surface area (Å²) in [4.78, 5) is 0. The summed E-state index contributed by atoms with van der Waals surface area (Å²) in [6.07, 6.45) is 3.07. The van der Waals surface area contributed by atoms with Gasteiger partial charge in [0.25, 0.3) is 0 Å². The van der Waals surface area contributed by atoms with Gasteiger partial charge in [-0.25, -0.2) is 0 Å². The van der Waals surface area contributed by atoms with Gasteiger partial charge in [-0.2, -0.15) is 11.2 Å². The molecule has 74 valence electrons. The van der Waals surface area contributed by atoms with Crippen LogP contribution in [0.2, 0.25) is 0 Å². The standard InChI is InChI=1S/C9H5F2N2.ClH.Zn/c10-7-2-3-9(8(11)6-7)13-5-1-4-12-13;;/h1-2,4-6H;1H;/q-1;;+2/p-1. The van der Waals surface area contributed by atoms with E-state index in [1.165, 1.54) is 10.9 Å². The third-order valence-corrected chi connectivity index (χ3v) is 1.57. The van der Waals surface area contributed by atoms with Crippen LogP contribution in [0.3, 0.4) is 0 Å². The number of benzene rings is 1.